The topological polar surface area (TPSA) is 49.4 Å². The first-order valence-electron chi connectivity index (χ1n) is 5.22. The van der Waals surface area contributed by atoms with Crippen molar-refractivity contribution < 1.29 is 8.42 Å². The van der Waals surface area contributed by atoms with Crippen molar-refractivity contribution in [1.29, 1.82) is 0 Å². The predicted molar refractivity (Wildman–Crippen MR) is 71.7 cm³/mol. The highest BCUT2D eigenvalue weighted by molar-refractivity contribution is 7.92. The Kier molecular flexibility index (Phi) is 4.22. The van der Waals surface area contributed by atoms with E-state index < -0.39 is 10.0 Å². The molecule has 94 valence electrons. The van der Waals surface area contributed by atoms with Crippen LogP contribution in [0.15, 0.2) is 17.5 Å². The van der Waals surface area contributed by atoms with Gasteiger partial charge in [-0.2, -0.15) is 4.31 Å². The molecule has 1 aromatic heterocycles. The zero-order valence-electron chi connectivity index (χ0n) is 9.10. The minimum atomic E-state index is -3.30. The van der Waals surface area contributed by atoms with E-state index >= 15 is 0 Å². The van der Waals surface area contributed by atoms with Crippen LogP contribution in [-0.2, 0) is 10.0 Å². The number of thiophene rings is 1. The molecule has 0 unspecified atom stereocenters. The lowest BCUT2D eigenvalue weighted by Crippen LogP contribution is -2.45. The van der Waals surface area contributed by atoms with Gasteiger partial charge >= 0.3 is 0 Å². The molecule has 2 rings (SSSR count). The number of rotatable bonds is 3. The molecule has 2 heterocycles. The molecule has 0 saturated carbocycles. The highest BCUT2D eigenvalue weighted by Crippen LogP contribution is 2.23. The lowest BCUT2D eigenvalue weighted by molar-refractivity contribution is 0.364. The Bertz CT molecular complexity index is 504. The lowest BCUT2D eigenvalue weighted by Gasteiger charge is -2.24. The highest BCUT2D eigenvalue weighted by Gasteiger charge is 2.20. The van der Waals surface area contributed by atoms with E-state index in [1.165, 1.54) is 21.1 Å². The number of piperazine rings is 1. The molecule has 1 fully saturated rings. The van der Waals surface area contributed by atoms with Gasteiger partial charge in [-0.15, -0.1) is 11.3 Å². The number of hydrogen-bond donors (Lipinski definition) is 1. The van der Waals surface area contributed by atoms with E-state index in [9.17, 15) is 8.42 Å². The first-order valence-corrected chi connectivity index (χ1v) is 7.92. The molecule has 0 spiro atoms. The monoisotopic (exact) mass is 292 g/mol. The van der Waals surface area contributed by atoms with Crippen molar-refractivity contribution >= 4 is 39.0 Å². The number of nitrogens with zero attached hydrogens (tertiary/aromatic N) is 1. The van der Waals surface area contributed by atoms with Gasteiger partial charge < -0.3 is 5.32 Å². The van der Waals surface area contributed by atoms with Crippen LogP contribution in [0.2, 0.25) is 4.34 Å². The smallest absolute Gasteiger partial charge is 0.236 e. The quantitative estimate of drug-likeness (QED) is 0.921. The fourth-order valence-corrected chi connectivity index (χ4v) is 3.79. The standard InChI is InChI=1S/C10H13ClN2O2S2/c11-10-2-1-9(16-10)3-8-17(14,15)13-6-4-12-5-7-13/h1-3,8,12H,4-7H2. The van der Waals surface area contributed by atoms with Gasteiger partial charge in [0.2, 0.25) is 10.0 Å². The number of sulfonamides is 1. The molecule has 0 atom stereocenters. The molecule has 0 aromatic carbocycles. The van der Waals surface area contributed by atoms with Crippen LogP contribution in [0.4, 0.5) is 0 Å². The van der Waals surface area contributed by atoms with E-state index in [0.717, 1.165) is 4.88 Å². The van der Waals surface area contributed by atoms with E-state index in [4.69, 9.17) is 11.6 Å². The molecule has 4 nitrogen and oxygen atoms in total. The van der Waals surface area contributed by atoms with Gasteiger partial charge in [0.05, 0.1) is 4.34 Å². The minimum Gasteiger partial charge on any atom is -0.314 e. The van der Waals surface area contributed by atoms with E-state index in [0.29, 0.717) is 30.5 Å². The van der Waals surface area contributed by atoms with Gasteiger partial charge in [0, 0.05) is 36.5 Å². The van der Waals surface area contributed by atoms with Crippen LogP contribution >= 0.6 is 22.9 Å². The minimum absolute atomic E-state index is 0.526. The normalized spacial score (nSPS) is 18.9. The fraction of sp³-hybridized carbons (Fsp3) is 0.400. The van der Waals surface area contributed by atoms with Crippen LogP contribution in [-0.4, -0.2) is 38.9 Å². The third kappa shape index (κ3) is 3.53. The first kappa shape index (κ1) is 13.0. The van der Waals surface area contributed by atoms with Crippen LogP contribution in [0.1, 0.15) is 4.88 Å². The first-order chi connectivity index (χ1) is 8.08. The van der Waals surface area contributed by atoms with E-state index in [1.807, 2.05) is 0 Å². The molecular weight excluding hydrogens is 280 g/mol. The second kappa shape index (κ2) is 5.49. The number of hydrogen-bond acceptors (Lipinski definition) is 4. The summed E-state index contributed by atoms with van der Waals surface area (Å²) in [6.07, 6.45) is 1.59. The molecule has 1 aromatic rings. The summed E-state index contributed by atoms with van der Waals surface area (Å²) in [6.45, 7) is 2.46. The molecule has 1 N–H and O–H groups in total. The van der Waals surface area contributed by atoms with Gasteiger partial charge in [0.1, 0.15) is 0 Å². The molecule has 0 amide bonds. The van der Waals surface area contributed by atoms with Gasteiger partial charge in [-0.1, -0.05) is 11.6 Å². The molecule has 0 radical (unpaired) electrons. The molecule has 1 aliphatic heterocycles. The molecule has 17 heavy (non-hydrogen) atoms. The van der Waals surface area contributed by atoms with E-state index in [2.05, 4.69) is 5.32 Å². The molecule has 1 aliphatic rings. The second-order valence-corrected chi connectivity index (χ2v) is 7.20. The average molecular weight is 293 g/mol. The Labute approximate surface area is 110 Å². The van der Waals surface area contributed by atoms with Gasteiger partial charge in [0.25, 0.3) is 0 Å². The summed E-state index contributed by atoms with van der Waals surface area (Å²) in [5, 5.41) is 4.37. The summed E-state index contributed by atoms with van der Waals surface area (Å²) in [7, 11) is -3.30. The van der Waals surface area contributed by atoms with Crippen molar-refractivity contribution in [1.82, 2.24) is 9.62 Å². The summed E-state index contributed by atoms with van der Waals surface area (Å²) in [4.78, 5) is 0.841. The van der Waals surface area contributed by atoms with Gasteiger partial charge in [-0.05, 0) is 18.2 Å². The maximum atomic E-state index is 11.9. The summed E-state index contributed by atoms with van der Waals surface area (Å²) in [6, 6.07) is 3.56. The average Bonchev–Trinajstić information content (AvgIpc) is 2.74. The van der Waals surface area contributed by atoms with Crippen molar-refractivity contribution in [3.63, 3.8) is 0 Å². The zero-order chi connectivity index (χ0) is 12.3. The molecule has 7 heteroatoms. The maximum Gasteiger partial charge on any atom is 0.236 e. The van der Waals surface area contributed by atoms with Crippen molar-refractivity contribution in [2.24, 2.45) is 0 Å². The van der Waals surface area contributed by atoms with Crippen LogP contribution < -0.4 is 5.32 Å². The fourth-order valence-electron chi connectivity index (χ4n) is 1.56. The highest BCUT2D eigenvalue weighted by atomic mass is 35.5. The molecule has 0 bridgehead atoms. The van der Waals surface area contributed by atoms with Crippen LogP contribution in [0.3, 0.4) is 0 Å². The molecule has 1 saturated heterocycles. The van der Waals surface area contributed by atoms with Gasteiger partial charge in [-0.25, -0.2) is 8.42 Å². The van der Waals surface area contributed by atoms with Crippen LogP contribution in [0, 0.1) is 0 Å². The zero-order valence-corrected chi connectivity index (χ0v) is 11.5. The van der Waals surface area contributed by atoms with Crippen molar-refractivity contribution in [2.45, 2.75) is 0 Å². The summed E-state index contributed by atoms with van der Waals surface area (Å²) in [5.74, 6) is 0. The number of nitrogens with one attached hydrogen (secondary N) is 1. The van der Waals surface area contributed by atoms with Crippen LogP contribution in [0.5, 0.6) is 0 Å². The van der Waals surface area contributed by atoms with Crippen molar-refractivity contribution in [3.05, 3.63) is 26.8 Å². The Morgan fingerprint density at radius 2 is 2.06 bits per heavy atom. The number of halogens is 1. The second-order valence-electron chi connectivity index (χ2n) is 3.64. The van der Waals surface area contributed by atoms with Crippen molar-refractivity contribution in [3.8, 4) is 0 Å². The van der Waals surface area contributed by atoms with E-state index in [-0.39, 0.29) is 0 Å². The Hall–Kier alpha value is -0.400. The largest absolute Gasteiger partial charge is 0.314 e. The summed E-state index contributed by atoms with van der Waals surface area (Å²) in [5.41, 5.74) is 0. The van der Waals surface area contributed by atoms with E-state index in [1.54, 1.807) is 18.2 Å². The Balaban J connectivity index is 2.08. The Morgan fingerprint density at radius 1 is 1.35 bits per heavy atom. The summed E-state index contributed by atoms with van der Waals surface area (Å²) >= 11 is 7.13. The molecular formula is C10H13ClN2O2S2. The van der Waals surface area contributed by atoms with Crippen molar-refractivity contribution in [2.75, 3.05) is 26.2 Å². The maximum absolute atomic E-state index is 11.9. The lowest BCUT2D eigenvalue weighted by atomic mass is 10.4. The van der Waals surface area contributed by atoms with Gasteiger partial charge in [0.15, 0.2) is 0 Å². The Morgan fingerprint density at radius 3 is 2.65 bits per heavy atom. The summed E-state index contributed by atoms with van der Waals surface area (Å²) < 4.78 is 26.0. The molecule has 0 aliphatic carbocycles. The van der Waals surface area contributed by atoms with Crippen LogP contribution in [0.25, 0.3) is 6.08 Å². The SMILES string of the molecule is O=S(=O)(C=Cc1ccc(Cl)s1)N1CCNCC1. The predicted octanol–water partition coefficient (Wildman–Crippen LogP) is 1.61. The third-order valence-electron chi connectivity index (χ3n) is 2.43. The van der Waals surface area contributed by atoms with Gasteiger partial charge in [-0.3, -0.25) is 0 Å². The third-order valence-corrected chi connectivity index (χ3v) is 5.20.